The van der Waals surface area contributed by atoms with E-state index in [1.165, 1.54) is 12.1 Å². The fraction of sp³-hybridized carbons (Fsp3) is 0.105. The predicted octanol–water partition coefficient (Wildman–Crippen LogP) is 3.78. The van der Waals surface area contributed by atoms with Crippen molar-refractivity contribution in [3.05, 3.63) is 72.6 Å². The topological polar surface area (TPSA) is 55.6 Å². The Bertz CT molecular complexity index is 1020. The molecule has 1 N–H and O–H groups in total. The summed E-state index contributed by atoms with van der Waals surface area (Å²) in [7, 11) is 1.88. The van der Waals surface area contributed by atoms with Gasteiger partial charge in [0.25, 0.3) is 0 Å². The van der Waals surface area contributed by atoms with Gasteiger partial charge in [-0.2, -0.15) is 5.10 Å². The Morgan fingerprint density at radius 3 is 2.64 bits per heavy atom. The number of hydrogen-bond acceptors (Lipinski definition) is 4. The summed E-state index contributed by atoms with van der Waals surface area (Å²) in [5.41, 5.74) is 3.84. The van der Waals surface area contributed by atoms with Crippen LogP contribution in [0.25, 0.3) is 22.0 Å². The van der Waals surface area contributed by atoms with Gasteiger partial charge in [0.05, 0.1) is 11.7 Å². The Labute approximate surface area is 144 Å². The molecular formula is C19H16FN5. The van der Waals surface area contributed by atoms with Crippen molar-refractivity contribution in [1.82, 2.24) is 19.7 Å². The number of nitrogens with one attached hydrogen (secondary N) is 1. The van der Waals surface area contributed by atoms with Crippen LogP contribution in [0.2, 0.25) is 0 Å². The molecule has 0 saturated heterocycles. The smallest absolute Gasteiger partial charge is 0.135 e. The Balaban J connectivity index is 1.67. The van der Waals surface area contributed by atoms with Crippen LogP contribution in [0.1, 0.15) is 5.56 Å². The van der Waals surface area contributed by atoms with E-state index in [1.54, 1.807) is 23.0 Å². The molecule has 1 aromatic carbocycles. The second kappa shape index (κ2) is 6.32. The molecular weight excluding hydrogens is 317 g/mol. The lowest BCUT2D eigenvalue weighted by molar-refractivity contribution is 0.627. The van der Waals surface area contributed by atoms with Crippen LogP contribution in [0.3, 0.4) is 0 Å². The molecule has 0 aliphatic carbocycles. The third-order valence-corrected chi connectivity index (χ3v) is 4.02. The number of hydrogen-bond donors (Lipinski definition) is 1. The first-order valence-corrected chi connectivity index (χ1v) is 7.91. The van der Waals surface area contributed by atoms with Gasteiger partial charge in [0.1, 0.15) is 11.6 Å². The van der Waals surface area contributed by atoms with E-state index in [0.717, 1.165) is 33.4 Å². The quantitative estimate of drug-likeness (QED) is 0.617. The number of rotatable bonds is 4. The van der Waals surface area contributed by atoms with E-state index in [4.69, 9.17) is 0 Å². The predicted molar refractivity (Wildman–Crippen MR) is 95.5 cm³/mol. The molecule has 3 heterocycles. The zero-order valence-electron chi connectivity index (χ0n) is 13.6. The van der Waals surface area contributed by atoms with Crippen LogP contribution in [0.4, 0.5) is 10.2 Å². The van der Waals surface area contributed by atoms with Crippen LogP contribution in [0.5, 0.6) is 0 Å². The van der Waals surface area contributed by atoms with Crippen LogP contribution in [-0.4, -0.2) is 19.7 Å². The van der Waals surface area contributed by atoms with E-state index < -0.39 is 0 Å². The SMILES string of the molecule is Cn1cc(-c2cnc3ccnc(NCc4ccc(F)cc4)c3c2)cn1. The van der Waals surface area contributed by atoms with Gasteiger partial charge in [-0.15, -0.1) is 0 Å². The number of aryl methyl sites for hydroxylation is 1. The van der Waals surface area contributed by atoms with Crippen LogP contribution >= 0.6 is 0 Å². The third-order valence-electron chi connectivity index (χ3n) is 4.02. The highest BCUT2D eigenvalue weighted by molar-refractivity contribution is 5.91. The Morgan fingerprint density at radius 1 is 1.04 bits per heavy atom. The first-order chi connectivity index (χ1) is 12.2. The summed E-state index contributed by atoms with van der Waals surface area (Å²) < 4.78 is 14.8. The molecule has 0 atom stereocenters. The first kappa shape index (κ1) is 15.3. The summed E-state index contributed by atoms with van der Waals surface area (Å²) >= 11 is 0. The summed E-state index contributed by atoms with van der Waals surface area (Å²) in [6, 6.07) is 10.4. The van der Waals surface area contributed by atoms with Crippen molar-refractivity contribution in [3.63, 3.8) is 0 Å². The van der Waals surface area contributed by atoms with Gasteiger partial charge in [0.2, 0.25) is 0 Å². The molecule has 0 amide bonds. The van der Waals surface area contributed by atoms with Crippen LogP contribution in [0, 0.1) is 5.82 Å². The van der Waals surface area contributed by atoms with Gasteiger partial charge in [-0.3, -0.25) is 9.67 Å². The summed E-state index contributed by atoms with van der Waals surface area (Å²) in [4.78, 5) is 8.96. The van der Waals surface area contributed by atoms with Gasteiger partial charge >= 0.3 is 0 Å². The molecule has 0 aliphatic heterocycles. The molecule has 3 aromatic heterocycles. The maximum Gasteiger partial charge on any atom is 0.135 e. The minimum absolute atomic E-state index is 0.239. The van der Waals surface area contributed by atoms with Crippen molar-refractivity contribution in [2.45, 2.75) is 6.54 Å². The lowest BCUT2D eigenvalue weighted by Crippen LogP contribution is -2.02. The third kappa shape index (κ3) is 3.19. The Morgan fingerprint density at radius 2 is 1.88 bits per heavy atom. The maximum atomic E-state index is 13.0. The molecule has 0 spiro atoms. The van der Waals surface area contributed by atoms with Crippen molar-refractivity contribution in [2.24, 2.45) is 7.05 Å². The molecule has 0 saturated carbocycles. The van der Waals surface area contributed by atoms with Crippen molar-refractivity contribution in [2.75, 3.05) is 5.32 Å². The zero-order chi connectivity index (χ0) is 17.2. The molecule has 25 heavy (non-hydrogen) atoms. The number of nitrogens with zero attached hydrogens (tertiary/aromatic N) is 4. The molecule has 0 fully saturated rings. The molecule has 0 bridgehead atoms. The highest BCUT2D eigenvalue weighted by Crippen LogP contribution is 2.26. The molecule has 0 radical (unpaired) electrons. The second-order valence-electron chi connectivity index (χ2n) is 5.83. The summed E-state index contributed by atoms with van der Waals surface area (Å²) in [6.45, 7) is 0.559. The summed E-state index contributed by atoms with van der Waals surface area (Å²) in [5.74, 6) is 0.511. The van der Waals surface area contributed by atoms with Gasteiger partial charge in [-0.1, -0.05) is 12.1 Å². The highest BCUT2D eigenvalue weighted by Gasteiger charge is 2.07. The number of anilines is 1. The van der Waals surface area contributed by atoms with Gasteiger partial charge in [-0.05, 0) is 29.8 Å². The molecule has 0 aliphatic rings. The van der Waals surface area contributed by atoms with Gasteiger partial charge in [-0.25, -0.2) is 9.37 Å². The monoisotopic (exact) mass is 333 g/mol. The number of benzene rings is 1. The fourth-order valence-corrected chi connectivity index (χ4v) is 2.71. The lowest BCUT2D eigenvalue weighted by atomic mass is 10.1. The molecule has 0 unspecified atom stereocenters. The molecule has 5 nitrogen and oxygen atoms in total. The van der Waals surface area contributed by atoms with Crippen molar-refractivity contribution in [3.8, 4) is 11.1 Å². The maximum absolute atomic E-state index is 13.0. The number of pyridine rings is 2. The largest absolute Gasteiger partial charge is 0.365 e. The Hall–Kier alpha value is -3.28. The van der Waals surface area contributed by atoms with Crippen LogP contribution < -0.4 is 5.32 Å². The second-order valence-corrected chi connectivity index (χ2v) is 5.83. The van der Waals surface area contributed by atoms with E-state index in [9.17, 15) is 4.39 Å². The summed E-state index contributed by atoms with van der Waals surface area (Å²) in [6.07, 6.45) is 7.32. The number of fused-ring (bicyclic) bond motifs is 1. The molecule has 124 valence electrons. The van der Waals surface area contributed by atoms with Gasteiger partial charge in [0, 0.05) is 48.7 Å². The zero-order valence-corrected chi connectivity index (χ0v) is 13.6. The van der Waals surface area contributed by atoms with Gasteiger partial charge in [0.15, 0.2) is 0 Å². The standard InChI is InChI=1S/C19H16FN5/c1-25-12-15(11-24-25)14-8-17-18(22-10-14)6-7-21-19(17)23-9-13-2-4-16(20)5-3-13/h2-8,10-12H,9H2,1H3,(H,21,23). The highest BCUT2D eigenvalue weighted by atomic mass is 19.1. The number of halogens is 1. The molecule has 4 rings (SSSR count). The van der Waals surface area contributed by atoms with Crippen LogP contribution in [0.15, 0.2) is 61.2 Å². The van der Waals surface area contributed by atoms with E-state index >= 15 is 0 Å². The van der Waals surface area contributed by atoms with Crippen molar-refractivity contribution < 1.29 is 4.39 Å². The van der Waals surface area contributed by atoms with E-state index in [2.05, 4.69) is 26.4 Å². The minimum atomic E-state index is -0.239. The van der Waals surface area contributed by atoms with Gasteiger partial charge < -0.3 is 5.32 Å². The Kier molecular flexibility index (Phi) is 3.85. The fourth-order valence-electron chi connectivity index (χ4n) is 2.71. The average Bonchev–Trinajstić information content (AvgIpc) is 3.07. The van der Waals surface area contributed by atoms with Crippen LogP contribution in [-0.2, 0) is 13.6 Å². The lowest BCUT2D eigenvalue weighted by Gasteiger charge is -2.09. The van der Waals surface area contributed by atoms with E-state index in [0.29, 0.717) is 6.54 Å². The number of aromatic nitrogens is 4. The van der Waals surface area contributed by atoms with Crippen molar-refractivity contribution >= 4 is 16.7 Å². The van der Waals surface area contributed by atoms with Crippen molar-refractivity contribution in [1.29, 1.82) is 0 Å². The molecule has 6 heteroatoms. The minimum Gasteiger partial charge on any atom is -0.365 e. The van der Waals surface area contributed by atoms with E-state index in [-0.39, 0.29) is 5.82 Å². The van der Waals surface area contributed by atoms with E-state index in [1.807, 2.05) is 31.7 Å². The first-order valence-electron chi connectivity index (χ1n) is 7.91. The average molecular weight is 333 g/mol. The molecule has 4 aromatic rings. The summed E-state index contributed by atoms with van der Waals surface area (Å²) in [5, 5.41) is 8.45. The normalized spacial score (nSPS) is 11.0.